The average molecular weight is 286 g/mol. The van der Waals surface area contributed by atoms with Crippen molar-refractivity contribution in [3.63, 3.8) is 0 Å². The van der Waals surface area contributed by atoms with Crippen LogP contribution >= 0.6 is 0 Å². The van der Waals surface area contributed by atoms with Crippen molar-refractivity contribution in [2.45, 2.75) is 0 Å². The second kappa shape index (κ2) is 6.56. The summed E-state index contributed by atoms with van der Waals surface area (Å²) in [6.07, 6.45) is 3.05. The Hall–Kier alpha value is -2.82. The minimum Gasteiger partial charge on any atom is -0.494 e. The molecule has 2 aromatic rings. The molecule has 108 valence electrons. The van der Waals surface area contributed by atoms with Crippen LogP contribution in [0.5, 0.6) is 5.75 Å². The molecule has 0 heterocycles. The molecule has 0 aromatic heterocycles. The molecule has 0 aliphatic carbocycles. The van der Waals surface area contributed by atoms with E-state index in [-0.39, 0.29) is 11.7 Å². The van der Waals surface area contributed by atoms with Crippen LogP contribution in [0.15, 0.2) is 48.5 Å². The molecule has 2 aromatic carbocycles. The normalized spacial score (nSPS) is 10.6. The highest BCUT2D eigenvalue weighted by molar-refractivity contribution is 6.02. The zero-order chi connectivity index (χ0) is 15.2. The molecule has 0 unspecified atom stereocenters. The molecular weight excluding hydrogens is 271 g/mol. The number of nitrogens with one attached hydrogen (secondary N) is 1. The Morgan fingerprint density at radius 3 is 2.62 bits per heavy atom. The summed E-state index contributed by atoms with van der Waals surface area (Å²) in [7, 11) is 1.37. The number of nitrogen functional groups attached to an aromatic ring is 1. The summed E-state index contributed by atoms with van der Waals surface area (Å²) < 4.78 is 18.1. The lowest BCUT2D eigenvalue weighted by Gasteiger charge is -2.06. The Morgan fingerprint density at radius 2 is 1.95 bits per heavy atom. The summed E-state index contributed by atoms with van der Waals surface area (Å²) in [5.41, 5.74) is 7.56. The molecular formula is C16H15FN2O2. The SMILES string of the molecule is COc1cc(NC(=O)/C=C/c2ccc(N)cc2)ccc1F. The molecule has 2 rings (SSSR count). The Labute approximate surface area is 122 Å². The first-order chi connectivity index (χ1) is 10.1. The second-order valence-corrected chi connectivity index (χ2v) is 4.34. The molecule has 0 saturated carbocycles. The summed E-state index contributed by atoms with van der Waals surface area (Å²) in [5, 5.41) is 2.63. The first-order valence-electron chi connectivity index (χ1n) is 6.26. The summed E-state index contributed by atoms with van der Waals surface area (Å²) in [4.78, 5) is 11.8. The van der Waals surface area contributed by atoms with Crippen LogP contribution in [0.2, 0.25) is 0 Å². The van der Waals surface area contributed by atoms with Crippen LogP contribution in [0, 0.1) is 5.82 Å². The first kappa shape index (κ1) is 14.6. The van der Waals surface area contributed by atoms with Gasteiger partial charge in [0.1, 0.15) is 0 Å². The molecule has 3 N–H and O–H groups in total. The van der Waals surface area contributed by atoms with Crippen molar-refractivity contribution in [3.8, 4) is 5.75 Å². The number of rotatable bonds is 4. The minimum absolute atomic E-state index is 0.0790. The van der Waals surface area contributed by atoms with E-state index in [1.165, 1.54) is 31.4 Å². The molecule has 5 heteroatoms. The van der Waals surface area contributed by atoms with E-state index in [0.717, 1.165) is 5.56 Å². The number of methoxy groups -OCH3 is 1. The number of amides is 1. The third-order valence-electron chi connectivity index (χ3n) is 2.78. The highest BCUT2D eigenvalue weighted by Gasteiger charge is 2.04. The lowest BCUT2D eigenvalue weighted by molar-refractivity contribution is -0.111. The molecule has 0 aliphatic heterocycles. The van der Waals surface area contributed by atoms with E-state index >= 15 is 0 Å². The Kier molecular flexibility index (Phi) is 4.56. The number of ether oxygens (including phenoxy) is 1. The molecule has 0 aliphatic rings. The maximum atomic E-state index is 13.2. The number of carbonyl (C=O) groups is 1. The predicted octanol–water partition coefficient (Wildman–Crippen LogP) is 3.07. The molecule has 0 bridgehead atoms. The van der Waals surface area contributed by atoms with Gasteiger partial charge in [0.2, 0.25) is 5.91 Å². The summed E-state index contributed by atoms with van der Waals surface area (Å²) in [6, 6.07) is 11.2. The lowest BCUT2D eigenvalue weighted by Crippen LogP contribution is -2.08. The van der Waals surface area contributed by atoms with Gasteiger partial charge >= 0.3 is 0 Å². The van der Waals surface area contributed by atoms with Crippen LogP contribution < -0.4 is 15.8 Å². The Balaban J connectivity index is 2.03. The fourth-order valence-corrected chi connectivity index (χ4v) is 1.70. The smallest absolute Gasteiger partial charge is 0.248 e. The van der Waals surface area contributed by atoms with Gasteiger partial charge in [-0.2, -0.15) is 0 Å². The number of halogens is 1. The molecule has 4 nitrogen and oxygen atoms in total. The van der Waals surface area contributed by atoms with Gasteiger partial charge in [-0.05, 0) is 35.9 Å². The molecule has 0 radical (unpaired) electrons. The predicted molar refractivity (Wildman–Crippen MR) is 81.5 cm³/mol. The van der Waals surface area contributed by atoms with Crippen molar-refractivity contribution in [2.75, 3.05) is 18.2 Å². The highest BCUT2D eigenvalue weighted by Crippen LogP contribution is 2.21. The lowest BCUT2D eigenvalue weighted by atomic mass is 10.2. The van der Waals surface area contributed by atoms with E-state index < -0.39 is 5.82 Å². The van der Waals surface area contributed by atoms with Gasteiger partial charge in [-0.15, -0.1) is 0 Å². The van der Waals surface area contributed by atoms with E-state index in [4.69, 9.17) is 10.5 Å². The summed E-state index contributed by atoms with van der Waals surface area (Å²) in [6.45, 7) is 0. The van der Waals surface area contributed by atoms with Crippen molar-refractivity contribution in [3.05, 3.63) is 59.9 Å². The van der Waals surface area contributed by atoms with Crippen LogP contribution in [0.25, 0.3) is 6.08 Å². The zero-order valence-corrected chi connectivity index (χ0v) is 11.5. The van der Waals surface area contributed by atoms with Gasteiger partial charge in [0.25, 0.3) is 0 Å². The number of hydrogen-bond acceptors (Lipinski definition) is 3. The van der Waals surface area contributed by atoms with E-state index in [9.17, 15) is 9.18 Å². The van der Waals surface area contributed by atoms with E-state index in [1.54, 1.807) is 30.3 Å². The average Bonchev–Trinajstić information content (AvgIpc) is 2.48. The maximum Gasteiger partial charge on any atom is 0.248 e. The monoisotopic (exact) mass is 286 g/mol. The van der Waals surface area contributed by atoms with Gasteiger partial charge in [0.15, 0.2) is 11.6 Å². The van der Waals surface area contributed by atoms with Crippen LogP contribution in [-0.4, -0.2) is 13.0 Å². The molecule has 0 atom stereocenters. The van der Waals surface area contributed by atoms with Crippen LogP contribution in [0.3, 0.4) is 0 Å². The van der Waals surface area contributed by atoms with Crippen LogP contribution in [0.4, 0.5) is 15.8 Å². The highest BCUT2D eigenvalue weighted by atomic mass is 19.1. The van der Waals surface area contributed by atoms with Crippen molar-refractivity contribution in [1.82, 2.24) is 0 Å². The Morgan fingerprint density at radius 1 is 1.24 bits per heavy atom. The van der Waals surface area contributed by atoms with Crippen LogP contribution in [0.1, 0.15) is 5.56 Å². The largest absolute Gasteiger partial charge is 0.494 e. The van der Waals surface area contributed by atoms with Crippen molar-refractivity contribution in [2.24, 2.45) is 0 Å². The molecule has 1 amide bonds. The van der Waals surface area contributed by atoms with Gasteiger partial charge < -0.3 is 15.8 Å². The Bertz CT molecular complexity index is 666. The minimum atomic E-state index is -0.479. The second-order valence-electron chi connectivity index (χ2n) is 4.34. The summed E-state index contributed by atoms with van der Waals surface area (Å²) in [5.74, 6) is -0.719. The molecule has 21 heavy (non-hydrogen) atoms. The van der Waals surface area contributed by atoms with Gasteiger partial charge in [-0.25, -0.2) is 4.39 Å². The third kappa shape index (κ3) is 4.07. The number of anilines is 2. The number of hydrogen-bond donors (Lipinski definition) is 2. The summed E-state index contributed by atoms with van der Waals surface area (Å²) >= 11 is 0. The van der Waals surface area contributed by atoms with E-state index in [1.807, 2.05) is 0 Å². The van der Waals surface area contributed by atoms with Gasteiger partial charge in [-0.3, -0.25) is 4.79 Å². The fraction of sp³-hybridized carbons (Fsp3) is 0.0625. The third-order valence-corrected chi connectivity index (χ3v) is 2.78. The topological polar surface area (TPSA) is 64.3 Å². The van der Waals surface area contributed by atoms with Crippen molar-refractivity contribution >= 4 is 23.4 Å². The number of nitrogens with two attached hydrogens (primary N) is 1. The maximum absolute atomic E-state index is 13.2. The van der Waals surface area contributed by atoms with Gasteiger partial charge in [0.05, 0.1) is 7.11 Å². The quantitative estimate of drug-likeness (QED) is 0.670. The van der Waals surface area contributed by atoms with Crippen LogP contribution in [-0.2, 0) is 4.79 Å². The molecule has 0 fully saturated rings. The van der Waals surface area contributed by atoms with Gasteiger partial charge in [-0.1, -0.05) is 12.1 Å². The van der Waals surface area contributed by atoms with E-state index in [2.05, 4.69) is 5.32 Å². The van der Waals surface area contributed by atoms with Gasteiger partial charge in [0, 0.05) is 23.5 Å². The first-order valence-corrected chi connectivity index (χ1v) is 6.26. The number of benzene rings is 2. The van der Waals surface area contributed by atoms with Crippen molar-refractivity contribution < 1.29 is 13.9 Å². The van der Waals surface area contributed by atoms with E-state index in [0.29, 0.717) is 11.4 Å². The standard InChI is InChI=1S/C16H15FN2O2/c1-21-15-10-13(7-8-14(15)17)19-16(20)9-4-11-2-5-12(18)6-3-11/h2-10H,18H2,1H3,(H,19,20)/b9-4+. The molecule has 0 saturated heterocycles. The molecule has 0 spiro atoms. The number of carbonyl (C=O) groups excluding carboxylic acids is 1. The fourth-order valence-electron chi connectivity index (χ4n) is 1.70. The van der Waals surface area contributed by atoms with Crippen molar-refractivity contribution in [1.29, 1.82) is 0 Å². The zero-order valence-electron chi connectivity index (χ0n) is 11.5.